The summed E-state index contributed by atoms with van der Waals surface area (Å²) >= 11 is 5.35. The molecule has 0 bridgehead atoms. The Hall–Kier alpha value is -3.79. The number of nitrogens with one attached hydrogen (secondary N) is 3. The third-order valence-corrected chi connectivity index (χ3v) is 6.77. The zero-order valence-corrected chi connectivity index (χ0v) is 20.4. The van der Waals surface area contributed by atoms with E-state index in [9.17, 15) is 14.4 Å². The minimum Gasteiger partial charge on any atom is -0.497 e. The Balaban J connectivity index is 1.41. The molecule has 0 radical (unpaired) electrons. The standard InChI is InChI=1S/C25H27N5O4S/c1-3-25(14-12-20(31)27-23(25)33)17-6-8-18(9-7-17)26-21(32)13-15-30-22(28-29-24(30)35)16-4-10-19(34-2)11-5-16/h4-11H,3,12-15H2,1-2H3,(H,26,32)(H,29,35)(H,27,31,33). The predicted octanol–water partition coefficient (Wildman–Crippen LogP) is 3.73. The third-order valence-electron chi connectivity index (χ3n) is 6.46. The van der Waals surface area contributed by atoms with Crippen LogP contribution in [0.15, 0.2) is 48.5 Å². The van der Waals surface area contributed by atoms with Crippen LogP contribution in [0.5, 0.6) is 5.75 Å². The van der Waals surface area contributed by atoms with Gasteiger partial charge in [-0.25, -0.2) is 0 Å². The van der Waals surface area contributed by atoms with Crippen molar-refractivity contribution < 1.29 is 19.1 Å². The summed E-state index contributed by atoms with van der Waals surface area (Å²) in [7, 11) is 1.61. The molecule has 0 aliphatic carbocycles. The summed E-state index contributed by atoms with van der Waals surface area (Å²) in [4.78, 5) is 36.8. The molecule has 1 aromatic heterocycles. The minimum absolute atomic E-state index is 0.173. The molecule has 2 heterocycles. The van der Waals surface area contributed by atoms with Crippen LogP contribution in [0.1, 0.15) is 38.2 Å². The summed E-state index contributed by atoms with van der Waals surface area (Å²) in [6, 6.07) is 14.7. The number of carbonyl (C=O) groups is 3. The number of carbonyl (C=O) groups excluding carboxylic acids is 3. The van der Waals surface area contributed by atoms with Crippen LogP contribution >= 0.6 is 12.2 Å². The number of imide groups is 1. The zero-order valence-electron chi connectivity index (χ0n) is 19.6. The van der Waals surface area contributed by atoms with Gasteiger partial charge in [0.1, 0.15) is 5.75 Å². The number of rotatable bonds is 8. The van der Waals surface area contributed by atoms with Crippen molar-refractivity contribution in [1.29, 1.82) is 0 Å². The van der Waals surface area contributed by atoms with Gasteiger partial charge in [0, 0.05) is 30.6 Å². The lowest BCUT2D eigenvalue weighted by Gasteiger charge is -2.35. The second-order valence-corrected chi connectivity index (χ2v) is 8.81. The molecule has 2 aromatic carbocycles. The van der Waals surface area contributed by atoms with Crippen LogP contribution < -0.4 is 15.4 Å². The molecule has 10 heteroatoms. The van der Waals surface area contributed by atoms with Crippen LogP contribution in [0.25, 0.3) is 11.4 Å². The first-order valence-corrected chi connectivity index (χ1v) is 11.8. The lowest BCUT2D eigenvalue weighted by molar-refractivity contribution is -0.138. The monoisotopic (exact) mass is 493 g/mol. The number of aromatic amines is 1. The molecule has 1 aliphatic rings. The maximum Gasteiger partial charge on any atom is 0.237 e. The fraction of sp³-hybridized carbons (Fsp3) is 0.320. The highest BCUT2D eigenvalue weighted by Gasteiger charge is 2.42. The summed E-state index contributed by atoms with van der Waals surface area (Å²) in [5, 5.41) is 12.4. The van der Waals surface area contributed by atoms with E-state index in [1.807, 2.05) is 43.3 Å². The van der Waals surface area contributed by atoms with Gasteiger partial charge in [0.15, 0.2) is 10.6 Å². The molecule has 35 heavy (non-hydrogen) atoms. The fourth-order valence-corrected chi connectivity index (χ4v) is 4.58. The van der Waals surface area contributed by atoms with Crippen molar-refractivity contribution in [3.8, 4) is 17.1 Å². The van der Waals surface area contributed by atoms with Gasteiger partial charge in [-0.1, -0.05) is 19.1 Å². The van der Waals surface area contributed by atoms with E-state index in [1.54, 1.807) is 23.8 Å². The van der Waals surface area contributed by atoms with E-state index < -0.39 is 5.41 Å². The van der Waals surface area contributed by atoms with E-state index in [1.165, 1.54) is 0 Å². The summed E-state index contributed by atoms with van der Waals surface area (Å²) in [6.07, 6.45) is 1.57. The first kappa shape index (κ1) is 24.3. The molecule has 1 aliphatic heterocycles. The number of hydrogen-bond donors (Lipinski definition) is 3. The van der Waals surface area contributed by atoms with Crippen LogP contribution in [0.4, 0.5) is 5.69 Å². The van der Waals surface area contributed by atoms with Gasteiger partial charge in [0.25, 0.3) is 0 Å². The molecule has 3 aromatic rings. The number of benzene rings is 2. The molecule has 4 rings (SSSR count). The van der Waals surface area contributed by atoms with E-state index in [-0.39, 0.29) is 24.1 Å². The van der Waals surface area contributed by atoms with Crippen molar-refractivity contribution in [3.05, 3.63) is 58.9 Å². The van der Waals surface area contributed by atoms with Crippen molar-refractivity contribution in [2.75, 3.05) is 12.4 Å². The van der Waals surface area contributed by atoms with Crippen LogP contribution in [0.2, 0.25) is 0 Å². The number of aromatic nitrogens is 3. The lowest BCUT2D eigenvalue weighted by atomic mass is 9.72. The van der Waals surface area contributed by atoms with Crippen molar-refractivity contribution in [1.82, 2.24) is 20.1 Å². The number of methoxy groups -OCH3 is 1. The summed E-state index contributed by atoms with van der Waals surface area (Å²) in [5.41, 5.74) is 1.58. The Kier molecular flexibility index (Phi) is 7.11. The number of nitrogens with zero attached hydrogens (tertiary/aromatic N) is 2. The van der Waals surface area contributed by atoms with Gasteiger partial charge in [-0.05, 0) is 67.0 Å². The fourth-order valence-electron chi connectivity index (χ4n) is 4.36. The van der Waals surface area contributed by atoms with Crippen molar-refractivity contribution in [2.45, 2.75) is 44.6 Å². The van der Waals surface area contributed by atoms with Crippen LogP contribution in [-0.4, -0.2) is 39.6 Å². The van der Waals surface area contributed by atoms with Crippen LogP contribution in [-0.2, 0) is 26.3 Å². The Bertz CT molecular complexity index is 1300. The Morgan fingerprint density at radius 2 is 1.89 bits per heavy atom. The number of ether oxygens (including phenoxy) is 1. The van der Waals surface area contributed by atoms with Gasteiger partial charge in [-0.2, -0.15) is 5.10 Å². The summed E-state index contributed by atoms with van der Waals surface area (Å²) in [6.45, 7) is 2.29. The molecule has 3 amide bonds. The Morgan fingerprint density at radius 3 is 2.51 bits per heavy atom. The minimum atomic E-state index is -0.730. The van der Waals surface area contributed by atoms with Crippen molar-refractivity contribution >= 4 is 35.6 Å². The third kappa shape index (κ3) is 5.02. The smallest absolute Gasteiger partial charge is 0.237 e. The van der Waals surface area contributed by atoms with Gasteiger partial charge in [-0.15, -0.1) is 0 Å². The van der Waals surface area contributed by atoms with E-state index in [4.69, 9.17) is 17.0 Å². The van der Waals surface area contributed by atoms with Crippen molar-refractivity contribution in [2.24, 2.45) is 0 Å². The van der Waals surface area contributed by atoms with Crippen molar-refractivity contribution in [3.63, 3.8) is 0 Å². The average molecular weight is 494 g/mol. The molecule has 3 N–H and O–H groups in total. The molecule has 1 saturated heterocycles. The molecular formula is C25H27N5O4S. The molecule has 9 nitrogen and oxygen atoms in total. The highest BCUT2D eigenvalue weighted by molar-refractivity contribution is 7.71. The zero-order chi connectivity index (χ0) is 25.0. The maximum absolute atomic E-state index is 12.6. The first-order valence-electron chi connectivity index (χ1n) is 11.4. The second kappa shape index (κ2) is 10.2. The largest absolute Gasteiger partial charge is 0.497 e. The predicted molar refractivity (Wildman–Crippen MR) is 133 cm³/mol. The van der Waals surface area contributed by atoms with Gasteiger partial charge in [0.05, 0.1) is 12.5 Å². The van der Waals surface area contributed by atoms with Gasteiger partial charge < -0.3 is 10.1 Å². The quantitative estimate of drug-likeness (QED) is 0.325. The molecule has 1 fully saturated rings. The van der Waals surface area contributed by atoms with E-state index >= 15 is 0 Å². The summed E-state index contributed by atoms with van der Waals surface area (Å²) < 4.78 is 7.42. The maximum atomic E-state index is 12.6. The molecule has 0 spiro atoms. The normalized spacial score (nSPS) is 17.7. The molecule has 1 unspecified atom stereocenters. The topological polar surface area (TPSA) is 118 Å². The summed E-state index contributed by atoms with van der Waals surface area (Å²) in [5.74, 6) is 0.701. The van der Waals surface area contributed by atoms with E-state index in [0.29, 0.717) is 42.1 Å². The van der Waals surface area contributed by atoms with Gasteiger partial charge in [0.2, 0.25) is 17.7 Å². The molecule has 0 saturated carbocycles. The second-order valence-electron chi connectivity index (χ2n) is 8.42. The van der Waals surface area contributed by atoms with Gasteiger partial charge >= 0.3 is 0 Å². The molecular weight excluding hydrogens is 466 g/mol. The number of piperidine rings is 1. The van der Waals surface area contributed by atoms with E-state index in [2.05, 4.69) is 20.8 Å². The highest BCUT2D eigenvalue weighted by atomic mass is 32.1. The Labute approximate surface area is 207 Å². The molecule has 1 atom stereocenters. The van der Waals surface area contributed by atoms with E-state index in [0.717, 1.165) is 16.9 Å². The number of H-pyrrole nitrogens is 1. The average Bonchev–Trinajstić information content (AvgIpc) is 3.24. The first-order chi connectivity index (χ1) is 16.9. The Morgan fingerprint density at radius 1 is 1.17 bits per heavy atom. The van der Waals surface area contributed by atoms with Gasteiger partial charge in [-0.3, -0.25) is 29.4 Å². The van der Waals surface area contributed by atoms with Crippen LogP contribution in [0.3, 0.4) is 0 Å². The highest BCUT2D eigenvalue weighted by Crippen LogP contribution is 2.36. The number of amides is 3. The van der Waals surface area contributed by atoms with Crippen LogP contribution in [0, 0.1) is 4.77 Å². The SMILES string of the molecule is CCC1(c2ccc(NC(=O)CCn3c(-c4ccc(OC)cc4)n[nH]c3=S)cc2)CCC(=O)NC1=O. The number of hydrogen-bond acceptors (Lipinski definition) is 6. The number of anilines is 1. The lowest BCUT2D eigenvalue weighted by Crippen LogP contribution is -2.51. The molecule has 182 valence electrons.